The van der Waals surface area contributed by atoms with E-state index in [1.165, 1.54) is 5.56 Å². The normalized spacial score (nSPS) is 16.3. The number of rotatable bonds is 6. The van der Waals surface area contributed by atoms with Gasteiger partial charge in [-0.2, -0.15) is 5.26 Å². The Morgan fingerprint density at radius 1 is 1.06 bits per heavy atom. The highest BCUT2D eigenvalue weighted by Crippen LogP contribution is 2.37. The molecule has 0 unspecified atom stereocenters. The lowest BCUT2D eigenvalue weighted by Crippen LogP contribution is -2.46. The van der Waals surface area contributed by atoms with Gasteiger partial charge in [-0.25, -0.2) is 0 Å². The minimum absolute atomic E-state index is 0.241. The summed E-state index contributed by atoms with van der Waals surface area (Å²) in [6, 6.07) is 16.1. The fourth-order valence-electron chi connectivity index (χ4n) is 3.46. The molecule has 31 heavy (non-hydrogen) atoms. The van der Waals surface area contributed by atoms with Gasteiger partial charge in [-0.3, -0.25) is 0 Å². The molecular weight excluding hydrogens is 406 g/mol. The van der Waals surface area contributed by atoms with E-state index in [4.69, 9.17) is 21.7 Å². The third kappa shape index (κ3) is 5.36. The molecule has 2 N–H and O–H groups in total. The fourth-order valence-corrected chi connectivity index (χ4v) is 3.68. The summed E-state index contributed by atoms with van der Waals surface area (Å²) < 4.78 is 11.9. The first-order chi connectivity index (χ1) is 14.7. The lowest BCUT2D eigenvalue weighted by molar-refractivity contribution is 0.269. The third-order valence-corrected chi connectivity index (χ3v) is 5.28. The summed E-state index contributed by atoms with van der Waals surface area (Å²) in [6.07, 6.45) is 0. The van der Waals surface area contributed by atoms with Crippen molar-refractivity contribution < 1.29 is 9.47 Å². The third-order valence-electron chi connectivity index (χ3n) is 5.06. The van der Waals surface area contributed by atoms with E-state index in [0.717, 1.165) is 16.8 Å². The van der Waals surface area contributed by atoms with Crippen molar-refractivity contribution in [2.24, 2.45) is 5.41 Å². The smallest absolute Gasteiger partial charge is 0.171 e. The van der Waals surface area contributed by atoms with Crippen molar-refractivity contribution in [3.63, 3.8) is 0 Å². The number of aryl methyl sites for hydroxylation is 1. The van der Waals surface area contributed by atoms with Crippen molar-refractivity contribution in [2.75, 3.05) is 6.61 Å². The molecular formula is C25H29N3O2S. The lowest BCUT2D eigenvalue weighted by Gasteiger charge is -2.35. The Balaban J connectivity index is 1.93. The molecule has 0 saturated carbocycles. The van der Waals surface area contributed by atoms with Crippen LogP contribution < -0.4 is 20.1 Å². The van der Waals surface area contributed by atoms with Crippen LogP contribution in [0.15, 0.2) is 53.7 Å². The summed E-state index contributed by atoms with van der Waals surface area (Å²) in [6.45, 7) is 11.1. The van der Waals surface area contributed by atoms with Crippen LogP contribution in [0.4, 0.5) is 0 Å². The van der Waals surface area contributed by atoms with Gasteiger partial charge in [-0.15, -0.1) is 0 Å². The molecule has 0 radical (unpaired) electrons. The first-order valence-corrected chi connectivity index (χ1v) is 10.8. The summed E-state index contributed by atoms with van der Waals surface area (Å²) in [5, 5.41) is 16.8. The summed E-state index contributed by atoms with van der Waals surface area (Å²) in [4.78, 5) is 0. The largest absolute Gasteiger partial charge is 0.490 e. The van der Waals surface area contributed by atoms with Crippen LogP contribution in [0.5, 0.6) is 11.5 Å². The van der Waals surface area contributed by atoms with Crippen molar-refractivity contribution in [3.8, 4) is 17.6 Å². The summed E-state index contributed by atoms with van der Waals surface area (Å²) in [7, 11) is 0. The molecule has 0 saturated heterocycles. The second-order valence-corrected chi connectivity index (χ2v) is 9.00. The molecule has 0 bridgehead atoms. The number of nitrogens with zero attached hydrogens (tertiary/aromatic N) is 1. The molecule has 2 aromatic rings. The highest BCUT2D eigenvalue weighted by molar-refractivity contribution is 7.80. The van der Waals surface area contributed by atoms with Gasteiger partial charge in [0.2, 0.25) is 0 Å². The maximum atomic E-state index is 9.91. The molecule has 0 amide bonds. The van der Waals surface area contributed by atoms with E-state index in [9.17, 15) is 5.26 Å². The number of hydrogen-bond donors (Lipinski definition) is 2. The van der Waals surface area contributed by atoms with Crippen LogP contribution in [0.25, 0.3) is 0 Å². The molecule has 0 spiro atoms. The Bertz CT molecular complexity index is 1030. The van der Waals surface area contributed by atoms with Crippen molar-refractivity contribution in [2.45, 2.75) is 47.3 Å². The first kappa shape index (κ1) is 22.6. The van der Waals surface area contributed by atoms with Gasteiger partial charge in [0.05, 0.1) is 24.3 Å². The van der Waals surface area contributed by atoms with E-state index < -0.39 is 0 Å². The second-order valence-electron chi connectivity index (χ2n) is 8.60. The minimum Gasteiger partial charge on any atom is -0.490 e. The molecule has 6 heteroatoms. The highest BCUT2D eigenvalue weighted by atomic mass is 32.1. The summed E-state index contributed by atoms with van der Waals surface area (Å²) in [5.74, 6) is 1.31. The molecule has 2 aromatic carbocycles. The molecule has 0 aliphatic carbocycles. The molecule has 162 valence electrons. The van der Waals surface area contributed by atoms with Crippen LogP contribution in [0.2, 0.25) is 0 Å². The average molecular weight is 436 g/mol. The van der Waals surface area contributed by atoms with Crippen LogP contribution in [0.1, 0.15) is 50.4 Å². The Labute approximate surface area is 190 Å². The molecule has 0 aromatic heterocycles. The number of hydrogen-bond acceptors (Lipinski definition) is 4. The Kier molecular flexibility index (Phi) is 6.87. The van der Waals surface area contributed by atoms with E-state index in [2.05, 4.69) is 68.7 Å². The van der Waals surface area contributed by atoms with Crippen LogP contribution in [-0.2, 0) is 6.61 Å². The van der Waals surface area contributed by atoms with Gasteiger partial charge in [-0.05, 0) is 49.3 Å². The maximum Gasteiger partial charge on any atom is 0.171 e. The van der Waals surface area contributed by atoms with Crippen LogP contribution >= 0.6 is 12.2 Å². The molecule has 1 heterocycles. The maximum absolute atomic E-state index is 9.91. The molecule has 3 rings (SSSR count). The number of benzene rings is 2. The number of allylic oxidation sites excluding steroid dienone is 1. The van der Waals surface area contributed by atoms with Gasteiger partial charge in [-0.1, -0.05) is 56.7 Å². The molecule has 5 nitrogen and oxygen atoms in total. The zero-order valence-electron chi connectivity index (χ0n) is 18.7. The Hall–Kier alpha value is -3.04. The molecule has 1 atom stereocenters. The number of nitrogens with one attached hydrogen (secondary N) is 2. The lowest BCUT2D eigenvalue weighted by atomic mass is 9.84. The highest BCUT2D eigenvalue weighted by Gasteiger charge is 2.32. The topological polar surface area (TPSA) is 66.3 Å². The van der Waals surface area contributed by atoms with Crippen LogP contribution in [0.3, 0.4) is 0 Å². The molecule has 1 aliphatic rings. The quantitative estimate of drug-likeness (QED) is 0.599. The predicted molar refractivity (Wildman–Crippen MR) is 127 cm³/mol. The van der Waals surface area contributed by atoms with Crippen molar-refractivity contribution >= 4 is 17.3 Å². The standard InChI is InChI=1S/C25H29N3O2S/c1-6-29-21-13-18(11-12-20(21)30-15-17-9-7-16(2)8-10-17)22-19(14-26)23(25(3,4)5)28-24(31)27-22/h7-13,22H,6,15H2,1-5H3,(H2,27,28,31)/t22-/m0/s1. The van der Waals surface area contributed by atoms with Gasteiger partial charge >= 0.3 is 0 Å². The van der Waals surface area contributed by atoms with Crippen molar-refractivity contribution in [1.29, 1.82) is 5.26 Å². The summed E-state index contributed by atoms with van der Waals surface area (Å²) in [5.41, 5.74) is 4.42. The monoisotopic (exact) mass is 435 g/mol. The van der Waals surface area contributed by atoms with Gasteiger partial charge in [0.25, 0.3) is 0 Å². The first-order valence-electron chi connectivity index (χ1n) is 10.4. The van der Waals surface area contributed by atoms with Gasteiger partial charge in [0.15, 0.2) is 16.6 Å². The van der Waals surface area contributed by atoms with Crippen LogP contribution in [0, 0.1) is 23.7 Å². The fraction of sp³-hybridized carbons (Fsp3) is 0.360. The summed E-state index contributed by atoms with van der Waals surface area (Å²) >= 11 is 5.42. The minimum atomic E-state index is -0.349. The van der Waals surface area contributed by atoms with Gasteiger partial charge in [0.1, 0.15) is 6.61 Å². The number of ether oxygens (including phenoxy) is 2. The molecule has 0 fully saturated rings. The zero-order chi connectivity index (χ0) is 22.6. The number of thiocarbonyl (C=S) groups is 1. The van der Waals surface area contributed by atoms with Gasteiger partial charge < -0.3 is 20.1 Å². The van der Waals surface area contributed by atoms with Crippen LogP contribution in [-0.4, -0.2) is 11.7 Å². The zero-order valence-corrected chi connectivity index (χ0v) is 19.5. The van der Waals surface area contributed by atoms with E-state index in [-0.39, 0.29) is 11.5 Å². The Morgan fingerprint density at radius 2 is 1.77 bits per heavy atom. The van der Waals surface area contributed by atoms with E-state index in [1.54, 1.807) is 0 Å². The van der Waals surface area contributed by atoms with Crippen molar-refractivity contribution in [1.82, 2.24) is 10.6 Å². The Morgan fingerprint density at radius 3 is 2.39 bits per heavy atom. The predicted octanol–water partition coefficient (Wildman–Crippen LogP) is 5.32. The SMILES string of the molecule is CCOc1cc([C@@H]2NC(=S)NC(C(C)(C)C)=C2C#N)ccc1OCc1ccc(C)cc1. The molecule has 1 aliphatic heterocycles. The average Bonchev–Trinajstić information content (AvgIpc) is 2.73. The van der Waals surface area contributed by atoms with E-state index in [0.29, 0.717) is 35.4 Å². The van der Waals surface area contributed by atoms with E-state index >= 15 is 0 Å². The van der Waals surface area contributed by atoms with Gasteiger partial charge in [0, 0.05) is 11.1 Å². The second kappa shape index (κ2) is 9.40. The van der Waals surface area contributed by atoms with E-state index in [1.807, 2.05) is 25.1 Å². The number of nitriles is 1. The van der Waals surface area contributed by atoms with Crippen molar-refractivity contribution in [3.05, 3.63) is 70.4 Å².